The van der Waals surface area contributed by atoms with Gasteiger partial charge in [-0.1, -0.05) is 6.07 Å². The number of benzene rings is 1. The Hall–Kier alpha value is -0.910. The highest BCUT2D eigenvalue weighted by molar-refractivity contribution is 7.80. The summed E-state index contributed by atoms with van der Waals surface area (Å²) in [4.78, 5) is 0. The Morgan fingerprint density at radius 3 is 2.56 bits per heavy atom. The molecule has 4 N–H and O–H groups in total. The molecule has 0 heterocycles. The number of phenols is 2. The van der Waals surface area contributed by atoms with Crippen LogP contribution in [0.4, 0.5) is 0 Å². The number of phenolic OH excluding ortho intramolecular Hbond substituents is 2. The topological polar surface area (TPSA) is 72.7 Å². The Morgan fingerprint density at radius 2 is 2.06 bits per heavy atom. The quantitative estimate of drug-likeness (QED) is 0.501. The highest BCUT2D eigenvalue weighted by atomic mass is 32.1. The molecule has 90 valence electrons. The lowest BCUT2D eigenvalue weighted by Crippen LogP contribution is -2.36. The lowest BCUT2D eigenvalue weighted by atomic mass is 10.1. The largest absolute Gasteiger partial charge is 0.508 e. The van der Waals surface area contributed by atoms with E-state index in [-0.39, 0.29) is 30.2 Å². The molecule has 0 aliphatic heterocycles. The minimum absolute atomic E-state index is 0.00726. The third-order valence-corrected chi connectivity index (χ3v) is 2.85. The summed E-state index contributed by atoms with van der Waals surface area (Å²) in [5.74, 6) is 0.580. The highest BCUT2D eigenvalue weighted by Gasteiger charge is 2.14. The first-order valence-corrected chi connectivity index (χ1v) is 5.71. The SMILES string of the molecule is CC(NC(CO)CS)c1ccc(O)cc1O. The van der Waals surface area contributed by atoms with Gasteiger partial charge in [0.05, 0.1) is 6.61 Å². The molecule has 0 aliphatic carbocycles. The minimum Gasteiger partial charge on any atom is -0.508 e. The van der Waals surface area contributed by atoms with E-state index < -0.39 is 0 Å². The molecular weight excluding hydrogens is 226 g/mol. The summed E-state index contributed by atoms with van der Waals surface area (Å²) in [6, 6.07) is 4.22. The van der Waals surface area contributed by atoms with Crippen molar-refractivity contribution in [3.63, 3.8) is 0 Å². The second kappa shape index (κ2) is 5.98. The molecule has 0 saturated heterocycles. The van der Waals surface area contributed by atoms with Crippen LogP contribution in [0.15, 0.2) is 18.2 Å². The number of hydrogen-bond donors (Lipinski definition) is 5. The minimum atomic E-state index is -0.120. The molecule has 0 bridgehead atoms. The Bertz CT molecular complexity index is 342. The molecule has 0 spiro atoms. The zero-order chi connectivity index (χ0) is 12.1. The molecule has 0 amide bonds. The van der Waals surface area contributed by atoms with Crippen LogP contribution < -0.4 is 5.32 Å². The second-order valence-electron chi connectivity index (χ2n) is 3.69. The van der Waals surface area contributed by atoms with E-state index >= 15 is 0 Å². The molecule has 5 heteroatoms. The fourth-order valence-electron chi connectivity index (χ4n) is 1.50. The first-order chi connectivity index (χ1) is 7.58. The first kappa shape index (κ1) is 13.2. The Balaban J connectivity index is 2.76. The molecular formula is C11H17NO3S. The predicted octanol–water partition coefficient (Wildman–Crippen LogP) is 1.04. The number of nitrogens with one attached hydrogen (secondary N) is 1. The summed E-state index contributed by atoms with van der Waals surface area (Å²) < 4.78 is 0. The first-order valence-electron chi connectivity index (χ1n) is 5.08. The predicted molar refractivity (Wildman–Crippen MR) is 66.0 cm³/mol. The van der Waals surface area contributed by atoms with Gasteiger partial charge in [-0.05, 0) is 13.0 Å². The molecule has 1 aromatic carbocycles. The van der Waals surface area contributed by atoms with Crippen LogP contribution in [0.2, 0.25) is 0 Å². The smallest absolute Gasteiger partial charge is 0.124 e. The fraction of sp³-hybridized carbons (Fsp3) is 0.455. The van der Waals surface area contributed by atoms with E-state index in [1.54, 1.807) is 6.07 Å². The maximum atomic E-state index is 9.64. The van der Waals surface area contributed by atoms with Gasteiger partial charge in [0.2, 0.25) is 0 Å². The van der Waals surface area contributed by atoms with E-state index in [2.05, 4.69) is 17.9 Å². The van der Waals surface area contributed by atoms with Crippen LogP contribution in [0, 0.1) is 0 Å². The van der Waals surface area contributed by atoms with Crippen LogP contribution in [-0.4, -0.2) is 33.7 Å². The molecule has 0 fully saturated rings. The molecule has 16 heavy (non-hydrogen) atoms. The monoisotopic (exact) mass is 243 g/mol. The van der Waals surface area contributed by atoms with Gasteiger partial charge in [-0.15, -0.1) is 0 Å². The van der Waals surface area contributed by atoms with Gasteiger partial charge in [0.15, 0.2) is 0 Å². The van der Waals surface area contributed by atoms with Crippen molar-refractivity contribution in [3.05, 3.63) is 23.8 Å². The van der Waals surface area contributed by atoms with E-state index in [4.69, 9.17) is 10.2 Å². The standard InChI is InChI=1S/C11H17NO3S/c1-7(12-8(5-13)6-16)10-3-2-9(14)4-11(10)15/h2-4,7-8,12-16H,5-6H2,1H3. The lowest BCUT2D eigenvalue weighted by molar-refractivity contribution is 0.245. The Kier molecular flexibility index (Phi) is 4.92. The average Bonchev–Trinajstić information content (AvgIpc) is 2.25. The van der Waals surface area contributed by atoms with Crippen molar-refractivity contribution < 1.29 is 15.3 Å². The van der Waals surface area contributed by atoms with Crippen molar-refractivity contribution in [2.24, 2.45) is 0 Å². The summed E-state index contributed by atoms with van der Waals surface area (Å²) in [7, 11) is 0. The van der Waals surface area contributed by atoms with Crippen LogP contribution in [0.3, 0.4) is 0 Å². The van der Waals surface area contributed by atoms with Crippen molar-refractivity contribution in [1.82, 2.24) is 5.32 Å². The van der Waals surface area contributed by atoms with Crippen molar-refractivity contribution in [2.75, 3.05) is 12.4 Å². The van der Waals surface area contributed by atoms with E-state index in [1.807, 2.05) is 6.92 Å². The fourth-order valence-corrected chi connectivity index (χ4v) is 1.73. The van der Waals surface area contributed by atoms with Gasteiger partial charge in [0, 0.05) is 29.5 Å². The summed E-state index contributed by atoms with van der Waals surface area (Å²) in [6.45, 7) is 1.87. The number of aliphatic hydroxyl groups is 1. The summed E-state index contributed by atoms with van der Waals surface area (Å²) >= 11 is 4.10. The molecule has 1 aromatic rings. The second-order valence-corrected chi connectivity index (χ2v) is 4.06. The molecule has 2 atom stereocenters. The molecule has 2 unspecified atom stereocenters. The van der Waals surface area contributed by atoms with E-state index in [0.29, 0.717) is 11.3 Å². The number of rotatable bonds is 5. The zero-order valence-electron chi connectivity index (χ0n) is 9.09. The number of hydrogen-bond acceptors (Lipinski definition) is 5. The molecule has 0 aromatic heterocycles. The maximum Gasteiger partial charge on any atom is 0.124 e. The molecule has 0 saturated carbocycles. The van der Waals surface area contributed by atoms with Crippen molar-refractivity contribution in [1.29, 1.82) is 0 Å². The van der Waals surface area contributed by atoms with Crippen molar-refractivity contribution in [2.45, 2.75) is 19.0 Å². The van der Waals surface area contributed by atoms with Crippen LogP contribution in [0.25, 0.3) is 0 Å². The van der Waals surface area contributed by atoms with E-state index in [0.717, 1.165) is 0 Å². The van der Waals surface area contributed by atoms with Crippen molar-refractivity contribution >= 4 is 12.6 Å². The normalized spacial score (nSPS) is 14.7. The number of thiol groups is 1. The van der Waals surface area contributed by atoms with Gasteiger partial charge < -0.3 is 20.6 Å². The van der Waals surface area contributed by atoms with Gasteiger partial charge in [-0.3, -0.25) is 0 Å². The highest BCUT2D eigenvalue weighted by Crippen LogP contribution is 2.27. The average molecular weight is 243 g/mol. The summed E-state index contributed by atoms with van der Waals surface area (Å²) in [5.41, 5.74) is 0.679. The third-order valence-electron chi connectivity index (χ3n) is 2.41. The summed E-state index contributed by atoms with van der Waals surface area (Å²) in [6.07, 6.45) is 0. The number of aliphatic hydroxyl groups excluding tert-OH is 1. The number of aromatic hydroxyl groups is 2. The van der Waals surface area contributed by atoms with Crippen molar-refractivity contribution in [3.8, 4) is 11.5 Å². The van der Waals surface area contributed by atoms with Gasteiger partial charge >= 0.3 is 0 Å². The van der Waals surface area contributed by atoms with Crippen LogP contribution in [-0.2, 0) is 0 Å². The van der Waals surface area contributed by atoms with Crippen LogP contribution in [0.5, 0.6) is 11.5 Å². The van der Waals surface area contributed by atoms with Gasteiger partial charge in [-0.25, -0.2) is 0 Å². The van der Waals surface area contributed by atoms with Crippen LogP contribution in [0.1, 0.15) is 18.5 Å². The molecule has 1 rings (SSSR count). The van der Waals surface area contributed by atoms with Gasteiger partial charge in [0.25, 0.3) is 0 Å². The van der Waals surface area contributed by atoms with Crippen LogP contribution >= 0.6 is 12.6 Å². The summed E-state index contributed by atoms with van der Waals surface area (Å²) in [5, 5.41) is 30.9. The van der Waals surface area contributed by atoms with E-state index in [9.17, 15) is 5.11 Å². The zero-order valence-corrected chi connectivity index (χ0v) is 9.98. The molecule has 0 radical (unpaired) electrons. The third kappa shape index (κ3) is 3.30. The Labute approximate surface area is 100 Å². The Morgan fingerprint density at radius 1 is 1.38 bits per heavy atom. The van der Waals surface area contributed by atoms with Gasteiger partial charge in [0.1, 0.15) is 11.5 Å². The lowest BCUT2D eigenvalue weighted by Gasteiger charge is -2.21. The molecule has 4 nitrogen and oxygen atoms in total. The molecule has 0 aliphatic rings. The van der Waals surface area contributed by atoms with Gasteiger partial charge in [-0.2, -0.15) is 12.6 Å². The maximum absolute atomic E-state index is 9.64. The van der Waals surface area contributed by atoms with E-state index in [1.165, 1.54) is 12.1 Å².